The zero-order chi connectivity index (χ0) is 33.3. The van der Waals surface area contributed by atoms with Gasteiger partial charge in [0, 0.05) is 33.2 Å². The van der Waals surface area contributed by atoms with Crippen molar-refractivity contribution in [1.29, 1.82) is 0 Å². The first-order chi connectivity index (χ1) is 24.8. The third-order valence-electron chi connectivity index (χ3n) is 9.48. The van der Waals surface area contributed by atoms with Gasteiger partial charge in [-0.25, -0.2) is 0 Å². The zero-order valence-electron chi connectivity index (χ0n) is 27.4. The highest BCUT2D eigenvalue weighted by Gasteiger charge is 2.22. The van der Waals surface area contributed by atoms with Gasteiger partial charge in [-0.3, -0.25) is 0 Å². The quantitative estimate of drug-likeness (QED) is 0.173. The molecule has 0 aliphatic carbocycles. The molecule has 0 atom stereocenters. The van der Waals surface area contributed by atoms with Crippen molar-refractivity contribution in [2.45, 2.75) is 0 Å². The molecule has 0 aliphatic heterocycles. The van der Waals surface area contributed by atoms with E-state index in [4.69, 9.17) is 4.42 Å². The van der Waals surface area contributed by atoms with Gasteiger partial charge in [0.05, 0.1) is 11.4 Å². The Morgan fingerprint density at radius 1 is 0.360 bits per heavy atom. The van der Waals surface area contributed by atoms with E-state index in [-0.39, 0.29) is 0 Å². The molecule has 1 heterocycles. The summed E-state index contributed by atoms with van der Waals surface area (Å²) in [6.45, 7) is 0. The summed E-state index contributed by atoms with van der Waals surface area (Å²) in [6, 6.07) is 71.0. The van der Waals surface area contributed by atoms with Gasteiger partial charge in [0.2, 0.25) is 0 Å². The van der Waals surface area contributed by atoms with Gasteiger partial charge in [-0.2, -0.15) is 0 Å². The molecular weight excluding hydrogens is 607 g/mol. The Kier molecular flexibility index (Phi) is 7.53. The molecule has 2 heteroatoms. The molecule has 0 saturated heterocycles. The maximum Gasteiger partial charge on any atom is 0.143 e. The van der Waals surface area contributed by atoms with Crippen molar-refractivity contribution in [1.82, 2.24) is 0 Å². The summed E-state index contributed by atoms with van der Waals surface area (Å²) in [5, 5.41) is 3.48. The SMILES string of the molecule is c1ccc(-c2ccc(-c3ccccc3N(c3cccc(-c4oc5ccccc5c4-c4ccccc4)c3)c3cccc4ccccc34)cc2)cc1. The molecule has 9 aromatic rings. The maximum atomic E-state index is 6.68. The average Bonchev–Trinajstić information content (AvgIpc) is 3.59. The van der Waals surface area contributed by atoms with Crippen molar-refractivity contribution in [2.24, 2.45) is 0 Å². The van der Waals surface area contributed by atoms with E-state index in [9.17, 15) is 0 Å². The Balaban J connectivity index is 1.24. The summed E-state index contributed by atoms with van der Waals surface area (Å²) in [4.78, 5) is 2.40. The number of anilines is 3. The molecule has 0 fully saturated rings. The second kappa shape index (κ2) is 12.8. The molecule has 50 heavy (non-hydrogen) atoms. The molecule has 0 N–H and O–H groups in total. The van der Waals surface area contributed by atoms with Crippen LogP contribution in [0.3, 0.4) is 0 Å². The number of hydrogen-bond acceptors (Lipinski definition) is 2. The van der Waals surface area contributed by atoms with E-state index in [2.05, 4.69) is 199 Å². The van der Waals surface area contributed by atoms with Crippen molar-refractivity contribution in [3.63, 3.8) is 0 Å². The van der Waals surface area contributed by atoms with Crippen LogP contribution >= 0.6 is 0 Å². The summed E-state index contributed by atoms with van der Waals surface area (Å²) in [7, 11) is 0. The third kappa shape index (κ3) is 5.34. The Labute approximate surface area is 292 Å². The molecule has 0 amide bonds. The van der Waals surface area contributed by atoms with Gasteiger partial charge in [0.15, 0.2) is 0 Å². The van der Waals surface area contributed by atoms with Gasteiger partial charge < -0.3 is 9.32 Å². The van der Waals surface area contributed by atoms with Crippen LogP contribution < -0.4 is 4.90 Å². The molecule has 8 aromatic carbocycles. The monoisotopic (exact) mass is 639 g/mol. The minimum absolute atomic E-state index is 0.863. The smallest absolute Gasteiger partial charge is 0.143 e. The van der Waals surface area contributed by atoms with Crippen LogP contribution in [0.5, 0.6) is 0 Å². The Morgan fingerprint density at radius 2 is 0.920 bits per heavy atom. The van der Waals surface area contributed by atoms with E-state index in [1.54, 1.807) is 0 Å². The normalized spacial score (nSPS) is 11.2. The van der Waals surface area contributed by atoms with Gasteiger partial charge in [-0.15, -0.1) is 0 Å². The third-order valence-corrected chi connectivity index (χ3v) is 9.48. The zero-order valence-corrected chi connectivity index (χ0v) is 27.4. The van der Waals surface area contributed by atoms with Crippen LogP contribution in [-0.4, -0.2) is 0 Å². The first-order valence-electron chi connectivity index (χ1n) is 17.0. The number of furan rings is 1. The van der Waals surface area contributed by atoms with Crippen LogP contribution in [0.1, 0.15) is 0 Å². The minimum Gasteiger partial charge on any atom is -0.455 e. The van der Waals surface area contributed by atoms with Crippen LogP contribution in [0.4, 0.5) is 17.1 Å². The maximum absolute atomic E-state index is 6.68. The number of nitrogens with zero attached hydrogens (tertiary/aromatic N) is 1. The van der Waals surface area contributed by atoms with Crippen molar-refractivity contribution < 1.29 is 4.42 Å². The molecule has 0 aliphatic rings. The van der Waals surface area contributed by atoms with Crippen LogP contribution in [0.2, 0.25) is 0 Å². The lowest BCUT2D eigenvalue weighted by Crippen LogP contribution is -2.12. The molecule has 0 unspecified atom stereocenters. The van der Waals surface area contributed by atoms with E-state index < -0.39 is 0 Å². The molecule has 0 bridgehead atoms. The Morgan fingerprint density at radius 3 is 1.74 bits per heavy atom. The van der Waals surface area contributed by atoms with Gasteiger partial charge >= 0.3 is 0 Å². The second-order valence-electron chi connectivity index (χ2n) is 12.5. The van der Waals surface area contributed by atoms with Crippen molar-refractivity contribution in [3.8, 4) is 44.7 Å². The summed E-state index contributed by atoms with van der Waals surface area (Å²) in [5.41, 5.74) is 12.1. The summed E-state index contributed by atoms with van der Waals surface area (Å²) < 4.78 is 6.68. The van der Waals surface area contributed by atoms with Crippen LogP contribution in [0, 0.1) is 0 Å². The Hall–Kier alpha value is -6.64. The number of hydrogen-bond donors (Lipinski definition) is 0. The first kappa shape index (κ1) is 29.5. The molecule has 0 radical (unpaired) electrons. The number of fused-ring (bicyclic) bond motifs is 2. The van der Waals surface area contributed by atoms with Gasteiger partial charge in [0.1, 0.15) is 11.3 Å². The molecule has 1 aromatic heterocycles. The second-order valence-corrected chi connectivity index (χ2v) is 12.5. The summed E-state index contributed by atoms with van der Waals surface area (Å²) >= 11 is 0. The fourth-order valence-corrected chi connectivity index (χ4v) is 7.12. The lowest BCUT2D eigenvalue weighted by Gasteiger charge is -2.29. The predicted octanol–water partition coefficient (Wildman–Crippen LogP) is 13.7. The lowest BCUT2D eigenvalue weighted by molar-refractivity contribution is 0.632. The molecule has 2 nitrogen and oxygen atoms in total. The Bertz CT molecular complexity index is 2580. The average molecular weight is 640 g/mol. The fourth-order valence-electron chi connectivity index (χ4n) is 7.12. The van der Waals surface area contributed by atoms with E-state index in [0.29, 0.717) is 0 Å². The highest BCUT2D eigenvalue weighted by atomic mass is 16.3. The topological polar surface area (TPSA) is 16.4 Å². The molecular formula is C48H33NO. The van der Waals surface area contributed by atoms with Gasteiger partial charge in [0.25, 0.3) is 0 Å². The highest BCUT2D eigenvalue weighted by Crippen LogP contribution is 2.46. The van der Waals surface area contributed by atoms with Crippen LogP contribution in [0.15, 0.2) is 205 Å². The number of para-hydroxylation sites is 2. The highest BCUT2D eigenvalue weighted by molar-refractivity contribution is 6.04. The first-order valence-corrected chi connectivity index (χ1v) is 17.0. The molecule has 236 valence electrons. The van der Waals surface area contributed by atoms with Crippen LogP contribution in [0.25, 0.3) is 66.4 Å². The van der Waals surface area contributed by atoms with E-state index in [1.165, 1.54) is 21.9 Å². The van der Waals surface area contributed by atoms with Crippen molar-refractivity contribution >= 4 is 38.8 Å². The van der Waals surface area contributed by atoms with E-state index in [1.807, 2.05) is 6.07 Å². The van der Waals surface area contributed by atoms with Gasteiger partial charge in [-0.05, 0) is 58.0 Å². The minimum atomic E-state index is 0.863. The summed E-state index contributed by atoms with van der Waals surface area (Å²) in [6.07, 6.45) is 0. The molecule has 9 rings (SSSR count). The van der Waals surface area contributed by atoms with Crippen molar-refractivity contribution in [2.75, 3.05) is 4.90 Å². The summed E-state index contributed by atoms with van der Waals surface area (Å²) in [5.74, 6) is 0.863. The largest absolute Gasteiger partial charge is 0.455 e. The van der Waals surface area contributed by atoms with Crippen LogP contribution in [-0.2, 0) is 0 Å². The standard InChI is InChI=1S/C48H33NO/c1-3-15-34(16-4-1)35-29-31-37(32-30-35)42-24-9-11-26-44(42)49(45-27-14-20-36-17-7-8-23-41(36)45)40-22-13-21-39(33-40)48-47(38-18-5-2-6-19-38)43-25-10-12-28-46(43)50-48/h1-33H. The van der Waals surface area contributed by atoms with Gasteiger partial charge in [-0.1, -0.05) is 170 Å². The van der Waals surface area contributed by atoms with E-state index >= 15 is 0 Å². The molecule has 0 saturated carbocycles. The van der Waals surface area contributed by atoms with E-state index in [0.717, 1.165) is 61.6 Å². The lowest BCUT2D eigenvalue weighted by atomic mass is 9.97. The molecule has 0 spiro atoms. The number of rotatable bonds is 7. The number of benzene rings is 8. The fraction of sp³-hybridized carbons (Fsp3) is 0. The van der Waals surface area contributed by atoms with Crippen molar-refractivity contribution in [3.05, 3.63) is 200 Å². The predicted molar refractivity (Wildman–Crippen MR) is 210 cm³/mol.